The molecular weight excluding hydrogens is 334 g/mol. The number of hydrogen-bond acceptors (Lipinski definition) is 2. The van der Waals surface area contributed by atoms with Gasteiger partial charge in [-0.25, -0.2) is 4.79 Å². The summed E-state index contributed by atoms with van der Waals surface area (Å²) < 4.78 is 0. The molecule has 1 aliphatic heterocycles. The number of aryl methyl sites for hydroxylation is 1. The Morgan fingerprint density at radius 2 is 1.63 bits per heavy atom. The van der Waals surface area contributed by atoms with Crippen LogP contribution in [0.25, 0.3) is 0 Å². The predicted octanol–water partition coefficient (Wildman–Crippen LogP) is 3.54. The fourth-order valence-electron chi connectivity index (χ4n) is 6.97. The van der Waals surface area contributed by atoms with Crippen molar-refractivity contribution in [1.82, 2.24) is 15.1 Å². The third kappa shape index (κ3) is 3.06. The average Bonchev–Trinajstić information content (AvgIpc) is 2.61. The number of carbonyl (C=O) groups is 1. The second-order valence-corrected chi connectivity index (χ2v) is 10.1. The van der Waals surface area contributed by atoms with Gasteiger partial charge < -0.3 is 15.1 Å². The van der Waals surface area contributed by atoms with Crippen LogP contribution in [0.15, 0.2) is 24.3 Å². The Morgan fingerprint density at radius 1 is 1.00 bits per heavy atom. The van der Waals surface area contributed by atoms with Gasteiger partial charge >= 0.3 is 6.03 Å². The van der Waals surface area contributed by atoms with Gasteiger partial charge in [-0.15, -0.1) is 0 Å². The lowest BCUT2D eigenvalue weighted by molar-refractivity contribution is -0.0371. The lowest BCUT2D eigenvalue weighted by Gasteiger charge is -2.62. The number of benzene rings is 1. The van der Waals surface area contributed by atoms with Gasteiger partial charge in [-0.1, -0.05) is 29.8 Å². The van der Waals surface area contributed by atoms with Gasteiger partial charge in [0, 0.05) is 31.7 Å². The third-order valence-electron chi connectivity index (χ3n) is 7.89. The second-order valence-electron chi connectivity index (χ2n) is 10.1. The molecule has 1 heterocycles. The van der Waals surface area contributed by atoms with Crippen molar-refractivity contribution in [2.75, 3.05) is 33.2 Å². The lowest BCUT2D eigenvalue weighted by atomic mass is 9.45. The van der Waals surface area contributed by atoms with Crippen LogP contribution in [0.4, 0.5) is 4.79 Å². The number of urea groups is 1. The van der Waals surface area contributed by atoms with Crippen LogP contribution in [-0.4, -0.2) is 54.6 Å². The maximum atomic E-state index is 13.1. The Bertz CT molecular complexity index is 706. The van der Waals surface area contributed by atoms with Crippen molar-refractivity contribution < 1.29 is 4.79 Å². The van der Waals surface area contributed by atoms with Crippen LogP contribution in [0.2, 0.25) is 0 Å². The van der Waals surface area contributed by atoms with E-state index in [4.69, 9.17) is 0 Å². The summed E-state index contributed by atoms with van der Waals surface area (Å²) in [4.78, 5) is 17.4. The number of amides is 2. The van der Waals surface area contributed by atoms with Gasteiger partial charge in [0.05, 0.1) is 0 Å². The molecule has 0 aromatic heterocycles. The van der Waals surface area contributed by atoms with E-state index in [2.05, 4.69) is 48.5 Å². The van der Waals surface area contributed by atoms with Crippen LogP contribution in [0.1, 0.15) is 49.7 Å². The molecule has 4 nitrogen and oxygen atoms in total. The molecule has 1 aromatic carbocycles. The number of likely N-dealkylation sites (N-methyl/N-ethyl adjacent to an activating group) is 1. The van der Waals surface area contributed by atoms with Crippen molar-refractivity contribution in [2.24, 2.45) is 11.8 Å². The number of hydrogen-bond donors (Lipinski definition) is 1. The highest BCUT2D eigenvalue weighted by atomic mass is 16.2. The van der Waals surface area contributed by atoms with Crippen LogP contribution < -0.4 is 5.32 Å². The largest absolute Gasteiger partial charge is 0.333 e. The first-order valence-corrected chi connectivity index (χ1v) is 10.8. The van der Waals surface area contributed by atoms with Crippen LogP contribution in [0.3, 0.4) is 0 Å². The van der Waals surface area contributed by atoms with E-state index in [1.165, 1.54) is 43.2 Å². The molecule has 1 saturated heterocycles. The highest BCUT2D eigenvalue weighted by Crippen LogP contribution is 2.62. The molecular formula is C23H33N3O. The van der Waals surface area contributed by atoms with Crippen LogP contribution in [-0.2, 0) is 5.41 Å². The molecule has 1 N–H and O–H groups in total. The Kier molecular flexibility index (Phi) is 4.05. The van der Waals surface area contributed by atoms with E-state index in [-0.39, 0.29) is 17.0 Å². The van der Waals surface area contributed by atoms with E-state index >= 15 is 0 Å². The number of carbonyl (C=O) groups excluding carboxylic acids is 1. The van der Waals surface area contributed by atoms with Crippen molar-refractivity contribution in [3.8, 4) is 0 Å². The van der Waals surface area contributed by atoms with Crippen molar-refractivity contribution in [2.45, 2.75) is 56.4 Å². The standard InChI is InChI=1S/C23H33N3O/c1-17-3-5-20(6-4-17)22-12-18-11-19(13-22)15-23(14-18,16-22)24-21(27)26-9-7-25(2)8-10-26/h3-6,18-19H,7-16H2,1-2H3,(H,24,27)/t18-,19+,22?,23?. The number of piperazine rings is 1. The molecule has 146 valence electrons. The zero-order chi connectivity index (χ0) is 18.6. The summed E-state index contributed by atoms with van der Waals surface area (Å²) in [5.74, 6) is 1.56. The van der Waals surface area contributed by atoms with Crippen molar-refractivity contribution >= 4 is 6.03 Å². The van der Waals surface area contributed by atoms with E-state index in [9.17, 15) is 4.79 Å². The third-order valence-corrected chi connectivity index (χ3v) is 7.89. The predicted molar refractivity (Wildman–Crippen MR) is 108 cm³/mol. The molecule has 5 aliphatic rings. The van der Waals surface area contributed by atoms with Crippen LogP contribution in [0, 0.1) is 18.8 Å². The first-order valence-electron chi connectivity index (χ1n) is 10.8. The minimum absolute atomic E-state index is 0.0232. The highest BCUT2D eigenvalue weighted by Gasteiger charge is 2.58. The molecule has 5 fully saturated rings. The summed E-state index contributed by atoms with van der Waals surface area (Å²) >= 11 is 0. The zero-order valence-electron chi connectivity index (χ0n) is 16.8. The van der Waals surface area contributed by atoms with Gasteiger partial charge in [-0.3, -0.25) is 0 Å². The molecule has 2 unspecified atom stereocenters. The molecule has 0 radical (unpaired) electrons. The fourth-order valence-corrected chi connectivity index (χ4v) is 6.97. The average molecular weight is 368 g/mol. The fraction of sp³-hybridized carbons (Fsp3) is 0.696. The van der Waals surface area contributed by atoms with Gasteiger partial charge in [-0.05, 0) is 75.3 Å². The van der Waals surface area contributed by atoms with Gasteiger partial charge in [-0.2, -0.15) is 0 Å². The number of nitrogens with zero attached hydrogens (tertiary/aromatic N) is 2. The molecule has 1 aromatic rings. The van der Waals surface area contributed by atoms with E-state index in [1.54, 1.807) is 0 Å². The first kappa shape index (κ1) is 17.5. The molecule has 4 bridgehead atoms. The van der Waals surface area contributed by atoms with Gasteiger partial charge in [0.1, 0.15) is 0 Å². The van der Waals surface area contributed by atoms with Crippen molar-refractivity contribution in [1.29, 1.82) is 0 Å². The summed E-state index contributed by atoms with van der Waals surface area (Å²) in [7, 11) is 2.14. The quantitative estimate of drug-likeness (QED) is 0.868. The first-order chi connectivity index (χ1) is 13.0. The van der Waals surface area contributed by atoms with Gasteiger partial charge in [0.2, 0.25) is 0 Å². The topological polar surface area (TPSA) is 35.6 Å². The lowest BCUT2D eigenvalue weighted by Crippen LogP contribution is -2.66. The maximum absolute atomic E-state index is 13.1. The highest BCUT2D eigenvalue weighted by molar-refractivity contribution is 5.75. The molecule has 6 rings (SSSR count). The van der Waals surface area contributed by atoms with Crippen LogP contribution >= 0.6 is 0 Å². The molecule has 4 aliphatic carbocycles. The summed E-state index contributed by atoms with van der Waals surface area (Å²) in [6.07, 6.45) is 7.53. The Balaban J connectivity index is 1.38. The minimum Gasteiger partial charge on any atom is -0.333 e. The number of rotatable bonds is 2. The maximum Gasteiger partial charge on any atom is 0.317 e. The van der Waals surface area contributed by atoms with Crippen molar-refractivity contribution in [3.05, 3.63) is 35.4 Å². The summed E-state index contributed by atoms with van der Waals surface area (Å²) in [5, 5.41) is 3.58. The second kappa shape index (κ2) is 6.23. The monoisotopic (exact) mass is 367 g/mol. The molecule has 27 heavy (non-hydrogen) atoms. The molecule has 0 spiro atoms. The zero-order valence-corrected chi connectivity index (χ0v) is 16.8. The smallest absolute Gasteiger partial charge is 0.317 e. The molecule has 4 atom stereocenters. The molecule has 2 amide bonds. The summed E-state index contributed by atoms with van der Waals surface area (Å²) in [6.45, 7) is 5.85. The summed E-state index contributed by atoms with van der Waals surface area (Å²) in [6, 6.07) is 9.44. The SMILES string of the molecule is Cc1ccc(C23C[C@@H]4C[C@@H](CC(NC(=O)N5CCN(C)CC5)(C4)C2)C3)cc1. The van der Waals surface area contributed by atoms with Gasteiger partial charge in [0.15, 0.2) is 0 Å². The summed E-state index contributed by atoms with van der Waals surface area (Å²) in [5.41, 5.74) is 3.16. The Labute approximate surface area is 163 Å². The van der Waals surface area contributed by atoms with Gasteiger partial charge in [0.25, 0.3) is 0 Å². The molecule has 4 heteroatoms. The minimum atomic E-state index is 0.0232. The van der Waals surface area contributed by atoms with E-state index < -0.39 is 0 Å². The van der Waals surface area contributed by atoms with E-state index in [1.807, 2.05) is 4.90 Å². The number of nitrogens with one attached hydrogen (secondary N) is 1. The Hall–Kier alpha value is -1.55. The van der Waals surface area contributed by atoms with Crippen molar-refractivity contribution in [3.63, 3.8) is 0 Å². The normalized spacial score (nSPS) is 38.2. The van der Waals surface area contributed by atoms with E-state index in [0.29, 0.717) is 0 Å². The van der Waals surface area contributed by atoms with Crippen LogP contribution in [0.5, 0.6) is 0 Å². The molecule has 4 saturated carbocycles. The van der Waals surface area contributed by atoms with E-state index in [0.717, 1.165) is 44.4 Å². The Morgan fingerprint density at radius 3 is 2.26 bits per heavy atom.